The molecule has 0 bridgehead atoms. The second-order valence-electron chi connectivity index (χ2n) is 7.29. The Morgan fingerprint density at radius 1 is 1.32 bits per heavy atom. The molecule has 0 aliphatic rings. The summed E-state index contributed by atoms with van der Waals surface area (Å²) in [6, 6.07) is 10.6. The van der Waals surface area contributed by atoms with E-state index in [0.717, 1.165) is 16.7 Å². The third-order valence-corrected chi connectivity index (χ3v) is 5.95. The minimum Gasteiger partial charge on any atom is -0.591 e. The molecule has 0 N–H and O–H groups in total. The van der Waals surface area contributed by atoms with Gasteiger partial charge < -0.3 is 9.29 Å². The van der Waals surface area contributed by atoms with Gasteiger partial charge in [0.1, 0.15) is 16.1 Å². The average Bonchev–Trinajstić information content (AvgIpc) is 2.60. The van der Waals surface area contributed by atoms with Gasteiger partial charge in [0.15, 0.2) is 0 Å². The molecule has 1 unspecified atom stereocenters. The van der Waals surface area contributed by atoms with Gasteiger partial charge in [0.2, 0.25) is 0 Å². The third-order valence-electron chi connectivity index (χ3n) is 3.99. The number of aryl methyl sites for hydroxylation is 1. The lowest BCUT2D eigenvalue weighted by atomic mass is 10.00. The molecule has 0 saturated carbocycles. The van der Waals surface area contributed by atoms with Crippen molar-refractivity contribution >= 4 is 47.8 Å². The second kappa shape index (κ2) is 9.83. The summed E-state index contributed by atoms with van der Waals surface area (Å²) in [6.45, 7) is 7.73. The largest absolute Gasteiger partial charge is 0.591 e. The van der Waals surface area contributed by atoms with Crippen molar-refractivity contribution in [1.29, 1.82) is 0 Å². The lowest BCUT2D eigenvalue weighted by Crippen LogP contribution is -2.25. The standard InChI is InChI=1S/C21H24ClNO3S2/c1-14-11-16(22)12-15(13-23-28(25)21(2,3)4)17(14)9-10-26-20(24)18-7-5-6-8-19(18)27/h5-8,11-13,27H,9-10H2,1-4H3/b23-13-. The van der Waals surface area contributed by atoms with Gasteiger partial charge >= 0.3 is 5.97 Å². The zero-order valence-electron chi connectivity index (χ0n) is 16.4. The SMILES string of the molecule is Cc1cc(Cl)cc(/C=N\[S+]([O-])C(C)(C)C)c1CCOC(=O)c1ccccc1S. The minimum atomic E-state index is -1.37. The second-order valence-corrected chi connectivity index (χ2v) is 10.1. The van der Waals surface area contributed by atoms with Crippen LogP contribution in [-0.4, -0.2) is 28.1 Å². The number of carbonyl (C=O) groups excluding carboxylic acids is 1. The molecular formula is C21H24ClNO3S2. The van der Waals surface area contributed by atoms with Crippen LogP contribution in [0.4, 0.5) is 0 Å². The molecule has 0 spiro atoms. The van der Waals surface area contributed by atoms with E-state index in [9.17, 15) is 9.35 Å². The molecule has 0 saturated heterocycles. The fourth-order valence-corrected chi connectivity index (χ4v) is 3.55. The summed E-state index contributed by atoms with van der Waals surface area (Å²) >= 11 is 9.09. The summed E-state index contributed by atoms with van der Waals surface area (Å²) < 4.78 is 21.4. The van der Waals surface area contributed by atoms with E-state index in [4.69, 9.17) is 16.3 Å². The number of thiol groups is 1. The quantitative estimate of drug-likeness (QED) is 0.292. The summed E-state index contributed by atoms with van der Waals surface area (Å²) in [5.41, 5.74) is 3.11. The maximum atomic E-state index is 12.2. The molecule has 4 nitrogen and oxygen atoms in total. The van der Waals surface area contributed by atoms with Crippen LogP contribution >= 0.6 is 24.2 Å². The predicted octanol–water partition coefficient (Wildman–Crippen LogP) is 5.22. The molecule has 0 heterocycles. The van der Waals surface area contributed by atoms with E-state index in [1.165, 1.54) is 0 Å². The number of hydrogen-bond donors (Lipinski definition) is 1. The third kappa shape index (κ3) is 6.27. The highest BCUT2D eigenvalue weighted by molar-refractivity contribution is 7.91. The van der Waals surface area contributed by atoms with Crippen molar-refractivity contribution in [2.75, 3.05) is 6.61 Å². The van der Waals surface area contributed by atoms with E-state index in [2.05, 4.69) is 17.0 Å². The van der Waals surface area contributed by atoms with Crippen molar-refractivity contribution in [2.45, 2.75) is 43.8 Å². The molecular weight excluding hydrogens is 414 g/mol. The normalized spacial score (nSPS) is 13.0. The molecule has 7 heteroatoms. The molecule has 28 heavy (non-hydrogen) atoms. The molecule has 2 rings (SSSR count). The van der Waals surface area contributed by atoms with E-state index in [-0.39, 0.29) is 6.61 Å². The molecule has 0 aliphatic heterocycles. The highest BCUT2D eigenvalue weighted by atomic mass is 35.5. The number of halogens is 1. The predicted molar refractivity (Wildman–Crippen MR) is 119 cm³/mol. The van der Waals surface area contributed by atoms with Gasteiger partial charge in [-0.15, -0.1) is 12.6 Å². The summed E-state index contributed by atoms with van der Waals surface area (Å²) in [6.07, 6.45) is 2.08. The van der Waals surface area contributed by atoms with E-state index in [1.54, 1.807) is 30.5 Å². The first kappa shape index (κ1) is 22.8. The van der Waals surface area contributed by atoms with Crippen LogP contribution < -0.4 is 0 Å². The van der Waals surface area contributed by atoms with Gasteiger partial charge in [-0.1, -0.05) is 28.1 Å². The molecule has 2 aromatic rings. The van der Waals surface area contributed by atoms with Crippen LogP contribution in [0.3, 0.4) is 0 Å². The van der Waals surface area contributed by atoms with Crippen LogP contribution in [-0.2, 0) is 22.5 Å². The van der Waals surface area contributed by atoms with Crippen LogP contribution in [0.15, 0.2) is 45.7 Å². The summed E-state index contributed by atoms with van der Waals surface area (Å²) in [7, 11) is 0. The van der Waals surface area contributed by atoms with E-state index in [0.29, 0.717) is 21.9 Å². The van der Waals surface area contributed by atoms with Gasteiger partial charge in [-0.3, -0.25) is 0 Å². The summed E-state index contributed by atoms with van der Waals surface area (Å²) in [4.78, 5) is 12.8. The van der Waals surface area contributed by atoms with E-state index >= 15 is 0 Å². The lowest BCUT2D eigenvalue weighted by Gasteiger charge is -2.18. The average molecular weight is 438 g/mol. The molecule has 0 radical (unpaired) electrons. The maximum absolute atomic E-state index is 12.2. The Labute approximate surface area is 180 Å². The van der Waals surface area contributed by atoms with Crippen LogP contribution in [0.2, 0.25) is 5.02 Å². The Hall–Kier alpha value is -1.47. The monoisotopic (exact) mass is 437 g/mol. The van der Waals surface area contributed by atoms with Crippen LogP contribution in [0.5, 0.6) is 0 Å². The number of nitrogens with zero attached hydrogens (tertiary/aromatic N) is 1. The van der Waals surface area contributed by atoms with Crippen LogP contribution in [0.25, 0.3) is 0 Å². The molecule has 0 aliphatic carbocycles. The summed E-state index contributed by atoms with van der Waals surface area (Å²) in [5, 5.41) is 0.574. The van der Waals surface area contributed by atoms with Gasteiger partial charge in [-0.2, -0.15) is 0 Å². The number of carbonyl (C=O) groups is 1. The molecule has 0 aromatic heterocycles. The van der Waals surface area contributed by atoms with Gasteiger partial charge in [0, 0.05) is 21.9 Å². The molecule has 2 aromatic carbocycles. The summed E-state index contributed by atoms with van der Waals surface area (Å²) in [5.74, 6) is -0.415. The van der Waals surface area contributed by atoms with Gasteiger partial charge in [0.25, 0.3) is 0 Å². The molecule has 1 atom stereocenters. The minimum absolute atomic E-state index is 0.201. The van der Waals surface area contributed by atoms with Crippen molar-refractivity contribution in [3.8, 4) is 0 Å². The number of hydrogen-bond acceptors (Lipinski definition) is 5. The maximum Gasteiger partial charge on any atom is 0.339 e. The van der Waals surface area contributed by atoms with Crippen LogP contribution in [0, 0.1) is 6.92 Å². The zero-order valence-corrected chi connectivity index (χ0v) is 18.8. The number of benzene rings is 2. The highest BCUT2D eigenvalue weighted by Gasteiger charge is 2.26. The molecule has 0 fully saturated rings. The van der Waals surface area contributed by atoms with E-state index < -0.39 is 22.1 Å². The van der Waals surface area contributed by atoms with Gasteiger partial charge in [-0.05, 0) is 63.1 Å². The van der Waals surface area contributed by atoms with Crippen molar-refractivity contribution in [3.05, 3.63) is 63.7 Å². The zero-order chi connectivity index (χ0) is 20.9. The van der Waals surface area contributed by atoms with Crippen molar-refractivity contribution < 1.29 is 14.1 Å². The Morgan fingerprint density at radius 2 is 2.00 bits per heavy atom. The smallest absolute Gasteiger partial charge is 0.339 e. The first-order chi connectivity index (χ1) is 13.1. The van der Waals surface area contributed by atoms with Crippen molar-refractivity contribution in [1.82, 2.24) is 0 Å². The Bertz CT molecular complexity index is 878. The first-order valence-electron chi connectivity index (χ1n) is 8.80. The van der Waals surface area contributed by atoms with E-state index in [1.807, 2.05) is 39.8 Å². The Kier molecular flexibility index (Phi) is 8.01. The Morgan fingerprint density at radius 3 is 2.64 bits per heavy atom. The fraction of sp³-hybridized carbons (Fsp3) is 0.333. The molecule has 150 valence electrons. The fourth-order valence-electron chi connectivity index (χ4n) is 2.49. The van der Waals surface area contributed by atoms with Crippen molar-refractivity contribution in [2.24, 2.45) is 4.40 Å². The number of rotatable bonds is 6. The first-order valence-corrected chi connectivity index (χ1v) is 10.7. The Balaban J connectivity index is 2.13. The topological polar surface area (TPSA) is 61.7 Å². The van der Waals surface area contributed by atoms with Gasteiger partial charge in [0.05, 0.1) is 18.4 Å². The number of esters is 1. The van der Waals surface area contributed by atoms with Crippen molar-refractivity contribution in [3.63, 3.8) is 0 Å². The van der Waals surface area contributed by atoms with Gasteiger partial charge in [-0.25, -0.2) is 4.79 Å². The molecule has 0 amide bonds. The number of ether oxygens (including phenoxy) is 1. The highest BCUT2D eigenvalue weighted by Crippen LogP contribution is 2.22. The van der Waals surface area contributed by atoms with Crippen LogP contribution in [0.1, 0.15) is 47.8 Å². The lowest BCUT2D eigenvalue weighted by molar-refractivity contribution is 0.0505.